The van der Waals surface area contributed by atoms with Crippen LogP contribution in [0.4, 0.5) is 5.69 Å². The van der Waals surface area contributed by atoms with Gasteiger partial charge >= 0.3 is 0 Å². The van der Waals surface area contributed by atoms with E-state index in [1.54, 1.807) is 34.6 Å². The minimum atomic E-state index is -3.55. The normalized spacial score (nSPS) is 17.1. The number of para-hydroxylation sites is 1. The summed E-state index contributed by atoms with van der Waals surface area (Å²) in [7, 11) is -3.55. The van der Waals surface area contributed by atoms with Crippen LogP contribution in [-0.2, 0) is 21.2 Å². The molecule has 9 heteroatoms. The van der Waals surface area contributed by atoms with Gasteiger partial charge in [-0.3, -0.25) is 4.79 Å². The van der Waals surface area contributed by atoms with Crippen molar-refractivity contribution < 1.29 is 13.2 Å². The summed E-state index contributed by atoms with van der Waals surface area (Å²) in [5.74, 6) is -0.297. The van der Waals surface area contributed by atoms with Gasteiger partial charge in [-0.05, 0) is 42.0 Å². The highest BCUT2D eigenvalue weighted by molar-refractivity contribution is 7.90. The second-order valence-corrected chi connectivity index (χ2v) is 10.1. The van der Waals surface area contributed by atoms with Gasteiger partial charge in [-0.1, -0.05) is 24.3 Å². The van der Waals surface area contributed by atoms with Crippen molar-refractivity contribution in [2.24, 2.45) is 4.40 Å². The molecule has 3 aromatic rings. The van der Waals surface area contributed by atoms with Gasteiger partial charge < -0.3 is 10.2 Å². The molecule has 1 N–H and O–H groups in total. The number of hydrogen-bond donors (Lipinski definition) is 1. The van der Waals surface area contributed by atoms with Crippen molar-refractivity contribution in [3.8, 4) is 0 Å². The number of thiazole rings is 1. The molecule has 31 heavy (non-hydrogen) atoms. The van der Waals surface area contributed by atoms with Crippen LogP contribution in [0.2, 0.25) is 0 Å². The first-order valence-corrected chi connectivity index (χ1v) is 12.1. The number of carbonyl (C=O) groups is 1. The Morgan fingerprint density at radius 2 is 1.94 bits per heavy atom. The number of nitrogens with zero attached hydrogens (tertiary/aromatic N) is 3. The lowest BCUT2D eigenvalue weighted by Crippen LogP contribution is -2.40. The highest BCUT2D eigenvalue weighted by Gasteiger charge is 2.29. The third kappa shape index (κ3) is 4.14. The van der Waals surface area contributed by atoms with Crippen LogP contribution in [0.5, 0.6) is 0 Å². The highest BCUT2D eigenvalue weighted by atomic mass is 32.2. The Morgan fingerprint density at radius 1 is 1.13 bits per heavy atom. The van der Waals surface area contributed by atoms with Crippen molar-refractivity contribution in [2.75, 3.05) is 17.6 Å². The van der Waals surface area contributed by atoms with Crippen LogP contribution in [0.25, 0.3) is 10.2 Å². The molecule has 0 bridgehead atoms. The van der Waals surface area contributed by atoms with Gasteiger partial charge in [0.25, 0.3) is 15.9 Å². The summed E-state index contributed by atoms with van der Waals surface area (Å²) in [6, 6.07) is 15.6. The predicted octanol–water partition coefficient (Wildman–Crippen LogP) is 3.32. The molecule has 0 aliphatic carbocycles. The van der Waals surface area contributed by atoms with Gasteiger partial charge in [0.2, 0.25) is 0 Å². The maximum Gasteiger partial charge on any atom is 0.259 e. The molecule has 0 unspecified atom stereocenters. The highest BCUT2D eigenvalue weighted by Crippen LogP contribution is 2.24. The molecule has 0 atom stereocenters. The summed E-state index contributed by atoms with van der Waals surface area (Å²) in [6.45, 7) is 0.281. The monoisotopic (exact) mass is 450 g/mol. The van der Waals surface area contributed by atoms with Gasteiger partial charge in [-0.2, -0.15) is 0 Å². The quantitative estimate of drug-likeness (QED) is 0.658. The summed E-state index contributed by atoms with van der Waals surface area (Å²) in [6.07, 6.45) is 5.73. The van der Waals surface area contributed by atoms with Crippen molar-refractivity contribution in [1.82, 2.24) is 9.88 Å². The first kappa shape index (κ1) is 19.7. The summed E-state index contributed by atoms with van der Waals surface area (Å²) >= 11 is 1.67. The molecule has 0 saturated carbocycles. The fraction of sp³-hybridized carbons (Fsp3) is 0.136. The molecule has 1 aromatic heterocycles. The Bertz CT molecular complexity index is 1340. The van der Waals surface area contributed by atoms with E-state index >= 15 is 0 Å². The fourth-order valence-corrected chi connectivity index (χ4v) is 5.45. The average Bonchev–Trinajstić information content (AvgIpc) is 3.16. The number of carbonyl (C=O) groups excluding carboxylic acids is 1. The second-order valence-electron chi connectivity index (χ2n) is 7.22. The minimum Gasteiger partial charge on any atom is -0.331 e. The third-order valence-electron chi connectivity index (χ3n) is 5.01. The molecule has 3 heterocycles. The first-order valence-electron chi connectivity index (χ1n) is 9.70. The van der Waals surface area contributed by atoms with Crippen LogP contribution in [0.15, 0.2) is 76.9 Å². The first-order chi connectivity index (χ1) is 15.0. The largest absolute Gasteiger partial charge is 0.331 e. The van der Waals surface area contributed by atoms with Crippen molar-refractivity contribution in [3.05, 3.63) is 83.0 Å². The van der Waals surface area contributed by atoms with Crippen molar-refractivity contribution >= 4 is 49.0 Å². The Morgan fingerprint density at radius 3 is 2.74 bits per heavy atom. The molecule has 0 fully saturated rings. The lowest BCUT2D eigenvalue weighted by atomic mass is 10.1. The summed E-state index contributed by atoms with van der Waals surface area (Å²) in [4.78, 5) is 19.1. The van der Waals surface area contributed by atoms with E-state index in [0.29, 0.717) is 12.1 Å². The van der Waals surface area contributed by atoms with Crippen LogP contribution in [0, 0.1) is 0 Å². The maximum atomic E-state index is 12.8. The van der Waals surface area contributed by atoms with Gasteiger partial charge in [0.05, 0.1) is 26.6 Å². The molecule has 156 valence electrons. The van der Waals surface area contributed by atoms with Gasteiger partial charge in [-0.15, -0.1) is 15.7 Å². The average molecular weight is 451 g/mol. The predicted molar refractivity (Wildman–Crippen MR) is 123 cm³/mol. The summed E-state index contributed by atoms with van der Waals surface area (Å²) in [5.41, 5.74) is 2.94. The molecule has 0 spiro atoms. The van der Waals surface area contributed by atoms with Crippen molar-refractivity contribution in [2.45, 2.75) is 6.42 Å². The zero-order valence-corrected chi connectivity index (χ0v) is 18.0. The zero-order chi connectivity index (χ0) is 21.4. The standard InChI is InChI=1S/C22H18N4O3S2/c27-22(17-4-3-11-26-12-13-31(28,29)25-21(17)26)23-16-9-7-15(8-10-16)14-20-24-18-5-1-2-6-19(18)30-20/h1-11H,12-14H2,(H,23,27). The Hall–Kier alpha value is -3.30. The van der Waals surface area contributed by atoms with E-state index in [9.17, 15) is 13.2 Å². The molecule has 5 rings (SSSR count). The van der Waals surface area contributed by atoms with Crippen LogP contribution < -0.4 is 5.32 Å². The van der Waals surface area contributed by atoms with Crippen LogP contribution in [0.3, 0.4) is 0 Å². The number of hydrogen-bond acceptors (Lipinski definition) is 6. The number of fused-ring (bicyclic) bond motifs is 2. The number of amides is 1. The number of benzene rings is 2. The zero-order valence-electron chi connectivity index (χ0n) is 16.4. The number of sulfonamides is 1. The number of allylic oxidation sites excluding steroid dienone is 2. The number of amidine groups is 1. The number of rotatable bonds is 4. The Labute approximate surface area is 183 Å². The molecule has 0 radical (unpaired) electrons. The third-order valence-corrected chi connectivity index (χ3v) is 7.19. The summed E-state index contributed by atoms with van der Waals surface area (Å²) < 4.78 is 28.7. The van der Waals surface area contributed by atoms with Crippen molar-refractivity contribution in [1.29, 1.82) is 0 Å². The fourth-order valence-electron chi connectivity index (χ4n) is 3.47. The Kier molecular flexibility index (Phi) is 4.91. The SMILES string of the molecule is O=C(Nc1ccc(Cc2nc3ccccc3s2)cc1)C1=CC=CN2CCS(=O)(=O)N=C12. The number of nitrogens with one attached hydrogen (secondary N) is 1. The molecule has 2 aliphatic rings. The number of aromatic nitrogens is 1. The van der Waals surface area contributed by atoms with E-state index in [1.165, 1.54) is 0 Å². The van der Waals surface area contributed by atoms with Gasteiger partial charge in [0.15, 0.2) is 5.84 Å². The van der Waals surface area contributed by atoms with E-state index in [-0.39, 0.29) is 23.7 Å². The van der Waals surface area contributed by atoms with Gasteiger partial charge in [-0.25, -0.2) is 13.4 Å². The van der Waals surface area contributed by atoms with Gasteiger partial charge in [0.1, 0.15) is 0 Å². The molecular formula is C22H18N4O3S2. The maximum absolute atomic E-state index is 12.8. The van der Waals surface area contributed by atoms with Crippen LogP contribution in [0.1, 0.15) is 10.6 Å². The topological polar surface area (TPSA) is 91.7 Å². The summed E-state index contributed by atoms with van der Waals surface area (Å²) in [5, 5.41) is 3.86. The number of anilines is 1. The van der Waals surface area contributed by atoms with Crippen LogP contribution in [-0.4, -0.2) is 42.3 Å². The van der Waals surface area contributed by atoms with Crippen LogP contribution >= 0.6 is 11.3 Å². The van der Waals surface area contributed by atoms with E-state index in [2.05, 4.69) is 20.8 Å². The van der Waals surface area contributed by atoms with Gasteiger partial charge in [0, 0.05) is 24.9 Å². The molecular weight excluding hydrogens is 432 g/mol. The molecule has 2 aliphatic heterocycles. The lowest BCUT2D eigenvalue weighted by molar-refractivity contribution is -0.112. The second kappa shape index (κ2) is 7.75. The van der Waals surface area contributed by atoms with E-state index in [0.717, 1.165) is 20.8 Å². The van der Waals surface area contributed by atoms with E-state index in [1.807, 2.05) is 42.5 Å². The molecule has 1 amide bonds. The molecule has 7 nitrogen and oxygen atoms in total. The lowest BCUT2D eigenvalue weighted by Gasteiger charge is -2.28. The van der Waals surface area contributed by atoms with Crippen molar-refractivity contribution in [3.63, 3.8) is 0 Å². The van der Waals surface area contributed by atoms with E-state index in [4.69, 9.17) is 0 Å². The minimum absolute atomic E-state index is 0.0636. The Balaban J connectivity index is 1.30. The van der Waals surface area contributed by atoms with E-state index < -0.39 is 15.9 Å². The smallest absolute Gasteiger partial charge is 0.259 e. The molecule has 0 saturated heterocycles. The molecule has 2 aromatic carbocycles.